The topological polar surface area (TPSA) is 12.5 Å². The summed E-state index contributed by atoms with van der Waals surface area (Å²) in [6.07, 6.45) is 7.76. The molecule has 1 spiro atoms. The Labute approximate surface area is 128 Å². The summed E-state index contributed by atoms with van der Waals surface area (Å²) in [7, 11) is 0. The normalized spacial score (nSPS) is 26.4. The zero-order valence-corrected chi connectivity index (χ0v) is 13.0. The first-order valence-electron chi connectivity index (χ1n) is 7.27. The van der Waals surface area contributed by atoms with E-state index >= 15 is 0 Å². The van der Waals surface area contributed by atoms with Crippen LogP contribution in [0, 0.1) is 0 Å². The molecule has 1 aromatic rings. The van der Waals surface area contributed by atoms with Gasteiger partial charge in [0.25, 0.3) is 0 Å². The Morgan fingerprint density at radius 1 is 1.25 bits per heavy atom. The molecule has 1 aliphatic heterocycles. The fraction of sp³-hybridized carbons (Fsp3) is 0.412. The monoisotopic (exact) mass is 331 g/mol. The van der Waals surface area contributed by atoms with Crippen LogP contribution in [0.2, 0.25) is 0 Å². The lowest BCUT2D eigenvalue weighted by Crippen LogP contribution is -2.41. The highest BCUT2D eigenvalue weighted by Gasteiger charge is 2.50. The van der Waals surface area contributed by atoms with Gasteiger partial charge in [-0.25, -0.2) is 0 Å². The minimum absolute atomic E-state index is 0.108. The second-order valence-corrected chi connectivity index (χ2v) is 7.19. The van der Waals surface area contributed by atoms with Crippen LogP contribution < -0.4 is 0 Å². The van der Waals surface area contributed by atoms with Crippen LogP contribution in [-0.4, -0.2) is 21.9 Å². The molecule has 104 valence electrons. The zero-order chi connectivity index (χ0) is 13.6. The number of halogens is 1. The molecule has 1 saturated carbocycles. The number of alkyl halides is 1. The predicted molar refractivity (Wildman–Crippen MR) is 83.4 cm³/mol. The maximum atomic E-state index is 6.24. The Morgan fingerprint density at radius 2 is 2.05 bits per heavy atom. The lowest BCUT2D eigenvalue weighted by Gasteiger charge is -2.40. The van der Waals surface area contributed by atoms with Gasteiger partial charge < -0.3 is 9.64 Å². The largest absolute Gasteiger partial charge is 0.484 e. The van der Waals surface area contributed by atoms with Crippen molar-refractivity contribution in [1.82, 2.24) is 4.90 Å². The number of benzene rings is 1. The van der Waals surface area contributed by atoms with Crippen LogP contribution in [0.3, 0.4) is 0 Å². The van der Waals surface area contributed by atoms with E-state index in [1.807, 2.05) is 0 Å². The van der Waals surface area contributed by atoms with Gasteiger partial charge in [-0.2, -0.15) is 0 Å². The molecule has 1 heterocycles. The SMILES string of the molecule is BrC1C=CC2=C(C1)N(Cc1ccccc1)CC1(CC1)O2. The molecule has 2 aliphatic carbocycles. The fourth-order valence-electron chi connectivity index (χ4n) is 3.08. The van der Waals surface area contributed by atoms with Gasteiger partial charge >= 0.3 is 0 Å². The van der Waals surface area contributed by atoms with E-state index in [2.05, 4.69) is 63.3 Å². The molecule has 3 aliphatic rings. The van der Waals surface area contributed by atoms with Crippen LogP contribution >= 0.6 is 15.9 Å². The third kappa shape index (κ3) is 2.28. The van der Waals surface area contributed by atoms with E-state index in [4.69, 9.17) is 4.74 Å². The van der Waals surface area contributed by atoms with Crippen LogP contribution in [0.15, 0.2) is 53.9 Å². The summed E-state index contributed by atoms with van der Waals surface area (Å²) in [5, 5.41) is 0. The van der Waals surface area contributed by atoms with Gasteiger partial charge in [0.1, 0.15) is 11.4 Å². The van der Waals surface area contributed by atoms with Crippen LogP contribution in [-0.2, 0) is 11.3 Å². The summed E-state index contributed by atoms with van der Waals surface area (Å²) < 4.78 is 6.24. The lowest BCUT2D eigenvalue weighted by atomic mass is 10.0. The van der Waals surface area contributed by atoms with Crippen molar-refractivity contribution in [2.24, 2.45) is 0 Å². The zero-order valence-electron chi connectivity index (χ0n) is 11.4. The molecule has 0 aromatic heterocycles. The maximum Gasteiger partial charge on any atom is 0.139 e. The number of rotatable bonds is 2. The molecule has 2 nitrogen and oxygen atoms in total. The van der Waals surface area contributed by atoms with E-state index in [9.17, 15) is 0 Å². The average Bonchev–Trinajstić information content (AvgIpc) is 3.20. The molecule has 0 bridgehead atoms. The van der Waals surface area contributed by atoms with Crippen LogP contribution in [0.25, 0.3) is 0 Å². The summed E-state index contributed by atoms with van der Waals surface area (Å²) in [4.78, 5) is 2.95. The summed E-state index contributed by atoms with van der Waals surface area (Å²) in [6.45, 7) is 2.02. The van der Waals surface area contributed by atoms with Crippen molar-refractivity contribution in [3.8, 4) is 0 Å². The number of ether oxygens (including phenoxy) is 1. The van der Waals surface area contributed by atoms with Crippen molar-refractivity contribution in [3.05, 3.63) is 59.5 Å². The standard InChI is InChI=1S/C17H18BrNO/c18-14-6-7-16-15(10-14)19(12-17(20-16)8-9-17)11-13-4-2-1-3-5-13/h1-7,14H,8-12H2. The van der Waals surface area contributed by atoms with Crippen molar-refractivity contribution in [1.29, 1.82) is 0 Å². The smallest absolute Gasteiger partial charge is 0.139 e. The molecular weight excluding hydrogens is 314 g/mol. The Morgan fingerprint density at radius 3 is 2.80 bits per heavy atom. The Kier molecular flexibility index (Phi) is 2.92. The Hall–Kier alpha value is -1.22. The summed E-state index contributed by atoms with van der Waals surface area (Å²) >= 11 is 3.70. The first-order chi connectivity index (χ1) is 9.74. The molecule has 3 heteroatoms. The van der Waals surface area contributed by atoms with Gasteiger partial charge in [-0.1, -0.05) is 52.3 Å². The molecular formula is C17H18BrNO. The summed E-state index contributed by atoms with van der Waals surface area (Å²) in [6, 6.07) is 10.7. The number of nitrogens with zero attached hydrogens (tertiary/aromatic N) is 1. The van der Waals surface area contributed by atoms with Gasteiger partial charge in [-0.15, -0.1) is 0 Å². The van der Waals surface area contributed by atoms with Gasteiger partial charge in [0.05, 0.1) is 12.2 Å². The van der Waals surface area contributed by atoms with Crippen molar-refractivity contribution in [2.75, 3.05) is 6.54 Å². The summed E-state index contributed by atoms with van der Waals surface area (Å²) in [5.74, 6) is 1.10. The predicted octanol–water partition coefficient (Wildman–Crippen LogP) is 3.99. The quantitative estimate of drug-likeness (QED) is 0.760. The fourth-order valence-corrected chi connectivity index (χ4v) is 3.54. The van der Waals surface area contributed by atoms with E-state index < -0.39 is 0 Å². The maximum absolute atomic E-state index is 6.24. The highest BCUT2D eigenvalue weighted by Crippen LogP contribution is 2.48. The Bertz CT molecular complexity index is 574. The molecule has 1 fully saturated rings. The minimum atomic E-state index is 0.108. The molecule has 0 saturated heterocycles. The molecule has 1 unspecified atom stereocenters. The third-order valence-electron chi connectivity index (χ3n) is 4.34. The summed E-state index contributed by atoms with van der Waals surface area (Å²) in [5.41, 5.74) is 2.84. The number of hydrogen-bond donors (Lipinski definition) is 0. The van der Waals surface area contributed by atoms with E-state index in [0.717, 1.165) is 25.3 Å². The first-order valence-corrected chi connectivity index (χ1v) is 8.19. The van der Waals surface area contributed by atoms with Crippen LogP contribution in [0.4, 0.5) is 0 Å². The lowest BCUT2D eigenvalue weighted by molar-refractivity contribution is 0.0311. The van der Waals surface area contributed by atoms with Crippen LogP contribution in [0.1, 0.15) is 24.8 Å². The molecule has 0 amide bonds. The molecule has 4 rings (SSSR count). The average molecular weight is 332 g/mol. The van der Waals surface area contributed by atoms with Crippen molar-refractivity contribution in [3.63, 3.8) is 0 Å². The Balaban J connectivity index is 1.64. The van der Waals surface area contributed by atoms with E-state index in [1.165, 1.54) is 24.1 Å². The molecule has 0 N–H and O–H groups in total. The van der Waals surface area contributed by atoms with Crippen molar-refractivity contribution in [2.45, 2.75) is 36.2 Å². The highest BCUT2D eigenvalue weighted by molar-refractivity contribution is 9.09. The molecule has 1 atom stereocenters. The number of allylic oxidation sites excluding steroid dienone is 3. The molecule has 0 radical (unpaired) electrons. The van der Waals surface area contributed by atoms with Gasteiger partial charge in [0.15, 0.2) is 0 Å². The molecule has 1 aromatic carbocycles. The van der Waals surface area contributed by atoms with Crippen LogP contribution in [0.5, 0.6) is 0 Å². The first kappa shape index (κ1) is 12.5. The third-order valence-corrected chi connectivity index (χ3v) is 4.97. The molecule has 20 heavy (non-hydrogen) atoms. The minimum Gasteiger partial charge on any atom is -0.484 e. The van der Waals surface area contributed by atoms with Crippen molar-refractivity contribution >= 4 is 15.9 Å². The highest BCUT2D eigenvalue weighted by atomic mass is 79.9. The van der Waals surface area contributed by atoms with E-state index in [0.29, 0.717) is 4.83 Å². The van der Waals surface area contributed by atoms with Crippen molar-refractivity contribution < 1.29 is 4.74 Å². The van der Waals surface area contributed by atoms with E-state index in [1.54, 1.807) is 0 Å². The van der Waals surface area contributed by atoms with Gasteiger partial charge in [-0.05, 0) is 24.5 Å². The van der Waals surface area contributed by atoms with Gasteiger partial charge in [-0.3, -0.25) is 0 Å². The second kappa shape index (κ2) is 4.66. The van der Waals surface area contributed by atoms with Gasteiger partial charge in [0.2, 0.25) is 0 Å². The van der Waals surface area contributed by atoms with Gasteiger partial charge in [0, 0.05) is 17.8 Å². The van der Waals surface area contributed by atoms with E-state index in [-0.39, 0.29) is 5.60 Å². The second-order valence-electron chi connectivity index (χ2n) is 6.02. The number of hydrogen-bond acceptors (Lipinski definition) is 2.